The number of ether oxygens (including phenoxy) is 2. The predicted molar refractivity (Wildman–Crippen MR) is 129 cm³/mol. The Balaban J connectivity index is 1.65. The molecule has 0 radical (unpaired) electrons. The zero-order valence-corrected chi connectivity index (χ0v) is 19.5. The Hall–Kier alpha value is -3.32. The fourth-order valence-corrected chi connectivity index (χ4v) is 4.25. The van der Waals surface area contributed by atoms with Crippen LogP contribution in [0.3, 0.4) is 0 Å². The molecule has 0 aliphatic carbocycles. The van der Waals surface area contributed by atoms with E-state index in [2.05, 4.69) is 10.2 Å². The standard InChI is InChI=1S/C26H31N3O4/c1-18(2)33-17-16-29-25(30)23(21-8-4-5-9-22(21)32-3)24(26(29)31)27-19-10-12-20(13-11-19)28-14-6-7-15-28/h4-5,8-13,18,27H,6-7,14-17H2,1-3H3. The van der Waals surface area contributed by atoms with E-state index in [1.54, 1.807) is 19.2 Å². The average molecular weight is 450 g/mol. The predicted octanol–water partition coefficient (Wildman–Crippen LogP) is 3.91. The van der Waals surface area contributed by atoms with E-state index in [0.29, 0.717) is 16.9 Å². The lowest BCUT2D eigenvalue weighted by atomic mass is 10.0. The van der Waals surface area contributed by atoms with Gasteiger partial charge in [-0.05, 0) is 57.0 Å². The third-order valence-electron chi connectivity index (χ3n) is 5.92. The number of nitrogens with zero attached hydrogens (tertiary/aromatic N) is 2. The third-order valence-corrected chi connectivity index (χ3v) is 5.92. The molecule has 1 saturated heterocycles. The molecule has 0 saturated carbocycles. The van der Waals surface area contributed by atoms with Crippen molar-refractivity contribution in [3.63, 3.8) is 0 Å². The molecule has 2 aromatic rings. The highest BCUT2D eigenvalue weighted by atomic mass is 16.5. The van der Waals surface area contributed by atoms with Crippen molar-refractivity contribution in [1.29, 1.82) is 0 Å². The first-order valence-electron chi connectivity index (χ1n) is 11.5. The summed E-state index contributed by atoms with van der Waals surface area (Å²) in [5.74, 6) is -0.178. The molecule has 2 aliphatic rings. The normalized spacial score (nSPS) is 16.4. The van der Waals surface area contributed by atoms with Gasteiger partial charge < -0.3 is 19.7 Å². The third kappa shape index (κ3) is 4.88. The first-order valence-corrected chi connectivity index (χ1v) is 11.5. The highest BCUT2D eigenvalue weighted by molar-refractivity contribution is 6.37. The number of methoxy groups -OCH3 is 1. The highest BCUT2D eigenvalue weighted by Crippen LogP contribution is 2.35. The van der Waals surface area contributed by atoms with E-state index < -0.39 is 0 Å². The molecule has 174 valence electrons. The number of para-hydroxylation sites is 1. The van der Waals surface area contributed by atoms with Crippen LogP contribution in [0.4, 0.5) is 11.4 Å². The molecule has 0 bridgehead atoms. The van der Waals surface area contributed by atoms with Gasteiger partial charge in [0.1, 0.15) is 11.4 Å². The molecule has 1 fully saturated rings. The van der Waals surface area contributed by atoms with Crippen LogP contribution in [-0.4, -0.2) is 56.2 Å². The maximum Gasteiger partial charge on any atom is 0.278 e. The summed E-state index contributed by atoms with van der Waals surface area (Å²) >= 11 is 0. The van der Waals surface area contributed by atoms with Gasteiger partial charge in [0.05, 0.1) is 31.9 Å². The summed E-state index contributed by atoms with van der Waals surface area (Å²) in [4.78, 5) is 30.3. The molecule has 0 spiro atoms. The minimum atomic E-state index is -0.364. The van der Waals surface area contributed by atoms with Crippen LogP contribution >= 0.6 is 0 Å². The van der Waals surface area contributed by atoms with E-state index in [-0.39, 0.29) is 36.8 Å². The molecule has 0 unspecified atom stereocenters. The van der Waals surface area contributed by atoms with Crippen molar-refractivity contribution in [2.24, 2.45) is 0 Å². The zero-order chi connectivity index (χ0) is 23.4. The monoisotopic (exact) mass is 449 g/mol. The van der Waals surface area contributed by atoms with Crippen LogP contribution < -0.4 is 15.0 Å². The molecular weight excluding hydrogens is 418 g/mol. The second kappa shape index (κ2) is 10.1. The van der Waals surface area contributed by atoms with Gasteiger partial charge >= 0.3 is 0 Å². The quantitative estimate of drug-likeness (QED) is 0.586. The van der Waals surface area contributed by atoms with Gasteiger partial charge in [-0.15, -0.1) is 0 Å². The van der Waals surface area contributed by atoms with Crippen LogP contribution in [0.15, 0.2) is 54.2 Å². The SMILES string of the molecule is COc1ccccc1C1=C(Nc2ccc(N3CCCC3)cc2)C(=O)N(CCOC(C)C)C1=O. The van der Waals surface area contributed by atoms with E-state index in [1.165, 1.54) is 23.4 Å². The maximum atomic E-state index is 13.4. The van der Waals surface area contributed by atoms with Gasteiger partial charge in [0, 0.05) is 30.0 Å². The van der Waals surface area contributed by atoms with Gasteiger partial charge in [-0.2, -0.15) is 0 Å². The molecule has 2 aromatic carbocycles. The van der Waals surface area contributed by atoms with E-state index in [9.17, 15) is 9.59 Å². The molecule has 2 amide bonds. The Morgan fingerprint density at radius 3 is 2.33 bits per heavy atom. The summed E-state index contributed by atoms with van der Waals surface area (Å²) in [6.45, 7) is 6.45. The highest BCUT2D eigenvalue weighted by Gasteiger charge is 2.40. The van der Waals surface area contributed by atoms with Crippen molar-refractivity contribution < 1.29 is 19.1 Å². The molecule has 7 nitrogen and oxygen atoms in total. The van der Waals surface area contributed by atoms with Gasteiger partial charge in [-0.1, -0.05) is 18.2 Å². The number of benzene rings is 2. The second-order valence-corrected chi connectivity index (χ2v) is 8.50. The molecule has 7 heteroatoms. The average Bonchev–Trinajstić information content (AvgIpc) is 3.43. The minimum Gasteiger partial charge on any atom is -0.496 e. The lowest BCUT2D eigenvalue weighted by Crippen LogP contribution is -2.35. The number of hydrogen-bond acceptors (Lipinski definition) is 6. The molecule has 1 N–H and O–H groups in total. The number of amides is 2. The van der Waals surface area contributed by atoms with E-state index in [4.69, 9.17) is 9.47 Å². The Bertz CT molecular complexity index is 1040. The molecule has 0 aromatic heterocycles. The number of anilines is 2. The number of rotatable bonds is 9. The summed E-state index contributed by atoms with van der Waals surface area (Å²) in [5, 5.41) is 3.22. The van der Waals surface area contributed by atoms with Crippen LogP contribution in [0.2, 0.25) is 0 Å². The smallest absolute Gasteiger partial charge is 0.278 e. The number of hydrogen-bond donors (Lipinski definition) is 1. The van der Waals surface area contributed by atoms with Crippen molar-refractivity contribution in [2.75, 3.05) is 43.6 Å². The van der Waals surface area contributed by atoms with E-state index in [1.807, 2.05) is 50.2 Å². The second-order valence-electron chi connectivity index (χ2n) is 8.50. The number of carbonyl (C=O) groups excluding carboxylic acids is 2. The number of nitrogens with one attached hydrogen (secondary N) is 1. The first-order chi connectivity index (χ1) is 16.0. The molecule has 33 heavy (non-hydrogen) atoms. The fourth-order valence-electron chi connectivity index (χ4n) is 4.25. The van der Waals surface area contributed by atoms with Gasteiger partial charge in [-0.25, -0.2) is 0 Å². The number of carbonyl (C=O) groups is 2. The van der Waals surface area contributed by atoms with Crippen molar-refractivity contribution in [3.05, 3.63) is 59.8 Å². The van der Waals surface area contributed by atoms with Crippen LogP contribution in [0.1, 0.15) is 32.3 Å². The summed E-state index contributed by atoms with van der Waals surface area (Å²) in [5.41, 5.74) is 3.07. The van der Waals surface area contributed by atoms with Crippen LogP contribution in [-0.2, 0) is 14.3 Å². The van der Waals surface area contributed by atoms with Crippen LogP contribution in [0.5, 0.6) is 5.75 Å². The lowest BCUT2D eigenvalue weighted by Gasteiger charge is -2.18. The van der Waals surface area contributed by atoms with Crippen LogP contribution in [0.25, 0.3) is 5.57 Å². The summed E-state index contributed by atoms with van der Waals surface area (Å²) in [6, 6.07) is 15.2. The zero-order valence-electron chi connectivity index (χ0n) is 19.5. The summed E-state index contributed by atoms with van der Waals surface area (Å²) in [6.07, 6.45) is 2.44. The Morgan fingerprint density at radius 2 is 1.67 bits per heavy atom. The first kappa shape index (κ1) is 22.9. The molecule has 4 rings (SSSR count). The van der Waals surface area contributed by atoms with Crippen molar-refractivity contribution in [1.82, 2.24) is 4.90 Å². The fraction of sp³-hybridized carbons (Fsp3) is 0.385. The molecule has 0 atom stereocenters. The maximum absolute atomic E-state index is 13.4. The van der Waals surface area contributed by atoms with E-state index in [0.717, 1.165) is 18.8 Å². The van der Waals surface area contributed by atoms with Gasteiger partial charge in [-0.3, -0.25) is 14.5 Å². The molecule has 2 aliphatic heterocycles. The Labute approximate surface area is 195 Å². The molecular formula is C26H31N3O4. The van der Waals surface area contributed by atoms with Crippen molar-refractivity contribution >= 4 is 28.8 Å². The Morgan fingerprint density at radius 1 is 0.970 bits per heavy atom. The van der Waals surface area contributed by atoms with Gasteiger partial charge in [0.2, 0.25) is 0 Å². The number of imide groups is 1. The minimum absolute atomic E-state index is 0.0196. The van der Waals surface area contributed by atoms with Gasteiger partial charge in [0.15, 0.2) is 0 Å². The van der Waals surface area contributed by atoms with Crippen LogP contribution in [0, 0.1) is 0 Å². The largest absolute Gasteiger partial charge is 0.496 e. The van der Waals surface area contributed by atoms with E-state index >= 15 is 0 Å². The topological polar surface area (TPSA) is 71.1 Å². The summed E-state index contributed by atoms with van der Waals surface area (Å²) in [7, 11) is 1.55. The summed E-state index contributed by atoms with van der Waals surface area (Å²) < 4.78 is 11.1. The molecule has 2 heterocycles. The van der Waals surface area contributed by atoms with Crippen molar-refractivity contribution in [3.8, 4) is 5.75 Å². The lowest BCUT2D eigenvalue weighted by molar-refractivity contribution is -0.137. The Kier molecular flexibility index (Phi) is 6.99. The van der Waals surface area contributed by atoms with Crippen molar-refractivity contribution in [2.45, 2.75) is 32.8 Å². The van der Waals surface area contributed by atoms with Gasteiger partial charge in [0.25, 0.3) is 11.8 Å².